The summed E-state index contributed by atoms with van der Waals surface area (Å²) in [7, 11) is 0. The van der Waals surface area contributed by atoms with Crippen LogP contribution in [0.1, 0.15) is 25.2 Å². The van der Waals surface area contributed by atoms with Crippen LogP contribution in [0, 0.1) is 0 Å². The van der Waals surface area contributed by atoms with Crippen molar-refractivity contribution in [1.82, 2.24) is 20.1 Å². The van der Waals surface area contributed by atoms with Gasteiger partial charge in [-0.3, -0.25) is 4.99 Å². The molecule has 0 fully saturated rings. The molecule has 122 valence electrons. The van der Waals surface area contributed by atoms with Gasteiger partial charge >= 0.3 is 0 Å². The summed E-state index contributed by atoms with van der Waals surface area (Å²) in [6.07, 6.45) is 3.75. The maximum absolute atomic E-state index is 4.80. The number of rotatable bonds is 5. The summed E-state index contributed by atoms with van der Waals surface area (Å²) in [4.78, 5) is 7.08. The van der Waals surface area contributed by atoms with E-state index in [1.165, 1.54) is 11.3 Å². The molecule has 6 heteroatoms. The van der Waals surface area contributed by atoms with Gasteiger partial charge in [0.15, 0.2) is 5.96 Å². The van der Waals surface area contributed by atoms with E-state index in [0.29, 0.717) is 6.54 Å². The minimum absolute atomic E-state index is 0.714. The number of guanidine groups is 1. The molecule has 0 bridgehead atoms. The van der Waals surface area contributed by atoms with E-state index in [9.17, 15) is 0 Å². The van der Waals surface area contributed by atoms with Gasteiger partial charge in [0.2, 0.25) is 0 Å². The van der Waals surface area contributed by atoms with Crippen molar-refractivity contribution in [3.63, 3.8) is 0 Å². The predicted molar refractivity (Wildman–Crippen MR) is 92.9 cm³/mol. The van der Waals surface area contributed by atoms with Crippen molar-refractivity contribution in [2.75, 3.05) is 24.5 Å². The molecule has 1 aromatic carbocycles. The number of nitrogens with zero attached hydrogens (tertiary/aromatic N) is 5. The van der Waals surface area contributed by atoms with Crippen LogP contribution in [0.15, 0.2) is 35.6 Å². The fourth-order valence-electron chi connectivity index (χ4n) is 2.96. The van der Waals surface area contributed by atoms with Crippen LogP contribution in [0.25, 0.3) is 0 Å². The molecule has 0 saturated carbocycles. The van der Waals surface area contributed by atoms with Gasteiger partial charge in [-0.15, -0.1) is 10.2 Å². The van der Waals surface area contributed by atoms with Gasteiger partial charge in [-0.05, 0) is 25.0 Å². The van der Waals surface area contributed by atoms with Crippen molar-refractivity contribution in [2.45, 2.75) is 33.2 Å². The number of hydrogen-bond donors (Lipinski definition) is 1. The average molecular weight is 312 g/mol. The van der Waals surface area contributed by atoms with Crippen molar-refractivity contribution < 1.29 is 0 Å². The molecule has 1 aliphatic heterocycles. The molecule has 0 atom stereocenters. The summed E-state index contributed by atoms with van der Waals surface area (Å²) in [5, 5.41) is 11.5. The number of anilines is 1. The number of aryl methyl sites for hydroxylation is 1. The van der Waals surface area contributed by atoms with Crippen LogP contribution in [0.4, 0.5) is 5.69 Å². The van der Waals surface area contributed by atoms with Crippen LogP contribution >= 0.6 is 0 Å². The van der Waals surface area contributed by atoms with Crippen molar-refractivity contribution >= 4 is 11.6 Å². The predicted octanol–water partition coefficient (Wildman–Crippen LogP) is 1.87. The SMILES string of the molecule is CCNC(=NCCn1cnnc1CC)N1CCc2ccccc21. The molecule has 1 aliphatic rings. The van der Waals surface area contributed by atoms with Gasteiger partial charge in [-0.25, -0.2) is 0 Å². The number of aromatic nitrogens is 3. The van der Waals surface area contributed by atoms with Crippen LogP contribution in [-0.4, -0.2) is 40.4 Å². The minimum atomic E-state index is 0.714. The molecule has 1 N–H and O–H groups in total. The Balaban J connectivity index is 1.72. The fourth-order valence-corrected chi connectivity index (χ4v) is 2.96. The molecule has 0 saturated heterocycles. The van der Waals surface area contributed by atoms with E-state index >= 15 is 0 Å². The fraction of sp³-hybridized carbons (Fsp3) is 0.471. The first kappa shape index (κ1) is 15.5. The highest BCUT2D eigenvalue weighted by molar-refractivity contribution is 5.97. The largest absolute Gasteiger partial charge is 0.356 e. The molecule has 3 rings (SSSR count). The summed E-state index contributed by atoms with van der Waals surface area (Å²) in [6, 6.07) is 8.56. The number of fused-ring (bicyclic) bond motifs is 1. The summed E-state index contributed by atoms with van der Waals surface area (Å²) in [5.41, 5.74) is 2.66. The average Bonchev–Trinajstić information content (AvgIpc) is 3.20. The normalized spacial score (nSPS) is 14.2. The zero-order valence-corrected chi connectivity index (χ0v) is 13.9. The molecule has 2 aromatic rings. The van der Waals surface area contributed by atoms with Crippen LogP contribution in [-0.2, 0) is 19.4 Å². The highest BCUT2D eigenvalue weighted by Crippen LogP contribution is 2.27. The number of nitrogens with one attached hydrogen (secondary N) is 1. The third kappa shape index (κ3) is 3.36. The molecule has 0 amide bonds. The lowest BCUT2D eigenvalue weighted by Gasteiger charge is -2.22. The van der Waals surface area contributed by atoms with E-state index in [0.717, 1.165) is 44.3 Å². The zero-order valence-electron chi connectivity index (χ0n) is 13.9. The van der Waals surface area contributed by atoms with Gasteiger partial charge in [-0.2, -0.15) is 0 Å². The lowest BCUT2D eigenvalue weighted by molar-refractivity contribution is 0.664. The maximum atomic E-state index is 4.80. The number of aliphatic imine (C=N–C) groups is 1. The highest BCUT2D eigenvalue weighted by Gasteiger charge is 2.22. The lowest BCUT2D eigenvalue weighted by atomic mass is 10.2. The van der Waals surface area contributed by atoms with Crippen molar-refractivity contribution in [3.8, 4) is 0 Å². The van der Waals surface area contributed by atoms with E-state index < -0.39 is 0 Å². The first-order chi connectivity index (χ1) is 11.3. The Hall–Kier alpha value is -2.37. The van der Waals surface area contributed by atoms with Gasteiger partial charge in [0, 0.05) is 31.7 Å². The van der Waals surface area contributed by atoms with Crippen LogP contribution in [0.3, 0.4) is 0 Å². The topological polar surface area (TPSA) is 58.3 Å². The first-order valence-corrected chi connectivity index (χ1v) is 8.34. The van der Waals surface area contributed by atoms with Crippen LogP contribution in [0.5, 0.6) is 0 Å². The van der Waals surface area contributed by atoms with Crippen molar-refractivity contribution in [3.05, 3.63) is 42.0 Å². The summed E-state index contributed by atoms with van der Waals surface area (Å²) < 4.78 is 2.07. The second-order valence-corrected chi connectivity index (χ2v) is 5.56. The Labute approximate surface area is 137 Å². The van der Waals surface area contributed by atoms with E-state index in [1.807, 2.05) is 0 Å². The highest BCUT2D eigenvalue weighted by atomic mass is 15.3. The Bertz CT molecular complexity index is 675. The Morgan fingerprint density at radius 1 is 1.30 bits per heavy atom. The maximum Gasteiger partial charge on any atom is 0.198 e. The number of hydrogen-bond acceptors (Lipinski definition) is 3. The van der Waals surface area contributed by atoms with E-state index in [4.69, 9.17) is 4.99 Å². The Morgan fingerprint density at radius 2 is 2.17 bits per heavy atom. The molecular formula is C17H24N6. The molecule has 2 heterocycles. The molecule has 0 spiro atoms. The summed E-state index contributed by atoms with van der Waals surface area (Å²) in [6.45, 7) is 7.57. The molecule has 0 unspecified atom stereocenters. The van der Waals surface area contributed by atoms with Gasteiger partial charge in [0.1, 0.15) is 12.2 Å². The second-order valence-electron chi connectivity index (χ2n) is 5.56. The lowest BCUT2D eigenvalue weighted by Crippen LogP contribution is -2.40. The van der Waals surface area contributed by atoms with Gasteiger partial charge in [-0.1, -0.05) is 25.1 Å². The third-order valence-corrected chi connectivity index (χ3v) is 4.09. The molecular weight excluding hydrogens is 288 g/mol. The van der Waals surface area contributed by atoms with Crippen molar-refractivity contribution in [1.29, 1.82) is 0 Å². The number of benzene rings is 1. The Morgan fingerprint density at radius 3 is 3.00 bits per heavy atom. The number of para-hydroxylation sites is 1. The Kier molecular flexibility index (Phi) is 4.90. The summed E-state index contributed by atoms with van der Waals surface area (Å²) in [5.74, 6) is 1.97. The molecule has 0 aliphatic carbocycles. The van der Waals surface area contributed by atoms with Gasteiger partial charge in [0.25, 0.3) is 0 Å². The van der Waals surface area contributed by atoms with Crippen molar-refractivity contribution in [2.24, 2.45) is 4.99 Å². The van der Waals surface area contributed by atoms with Gasteiger partial charge < -0.3 is 14.8 Å². The summed E-state index contributed by atoms with van der Waals surface area (Å²) >= 11 is 0. The smallest absolute Gasteiger partial charge is 0.198 e. The zero-order chi connectivity index (χ0) is 16.1. The standard InChI is InChI=1S/C17H24N6/c1-3-16-21-20-13-22(16)12-10-19-17(18-4-2)23-11-9-14-7-5-6-8-15(14)23/h5-8,13H,3-4,9-12H2,1-2H3,(H,18,19). The first-order valence-electron chi connectivity index (χ1n) is 8.34. The van der Waals surface area contributed by atoms with Gasteiger partial charge in [0.05, 0.1) is 6.54 Å². The second kappa shape index (κ2) is 7.26. The van der Waals surface area contributed by atoms with Crippen LogP contribution in [0.2, 0.25) is 0 Å². The van der Waals surface area contributed by atoms with E-state index in [1.54, 1.807) is 6.33 Å². The molecule has 6 nitrogen and oxygen atoms in total. The third-order valence-electron chi connectivity index (χ3n) is 4.09. The molecule has 1 aromatic heterocycles. The molecule has 0 radical (unpaired) electrons. The van der Waals surface area contributed by atoms with E-state index in [-0.39, 0.29) is 0 Å². The monoisotopic (exact) mass is 312 g/mol. The molecule has 23 heavy (non-hydrogen) atoms. The quantitative estimate of drug-likeness (QED) is 0.676. The minimum Gasteiger partial charge on any atom is -0.356 e. The van der Waals surface area contributed by atoms with E-state index in [2.05, 4.69) is 63.1 Å². The van der Waals surface area contributed by atoms with Crippen LogP contribution < -0.4 is 10.2 Å².